The van der Waals surface area contributed by atoms with Gasteiger partial charge in [-0.15, -0.1) is 0 Å². The molecule has 3 nitrogen and oxygen atoms in total. The predicted molar refractivity (Wildman–Crippen MR) is 68.4 cm³/mol. The zero-order valence-electron chi connectivity index (χ0n) is 10.5. The Balaban J connectivity index is 3.35. The van der Waals surface area contributed by atoms with Gasteiger partial charge in [0.05, 0.1) is 19.2 Å². The Morgan fingerprint density at radius 2 is 1.94 bits per heavy atom. The molecule has 0 spiro atoms. The Hall–Kier alpha value is -1.22. The number of halogens is 1. The third kappa shape index (κ3) is 2.72. The fourth-order valence-corrected chi connectivity index (χ4v) is 2.26. The van der Waals surface area contributed by atoms with Gasteiger partial charge < -0.3 is 14.3 Å². The number of carbonyl (C=O) groups excluding carboxylic acids is 1. The van der Waals surface area contributed by atoms with E-state index in [0.29, 0.717) is 17.2 Å². The van der Waals surface area contributed by atoms with Crippen molar-refractivity contribution in [3.8, 4) is 11.5 Å². The van der Waals surface area contributed by atoms with Crippen LogP contribution < -0.4 is 9.47 Å². The van der Waals surface area contributed by atoms with Crippen molar-refractivity contribution in [2.45, 2.75) is 26.2 Å². The van der Waals surface area contributed by atoms with Crippen molar-refractivity contribution in [2.24, 2.45) is 0 Å². The van der Waals surface area contributed by atoms with Crippen molar-refractivity contribution in [3.63, 3.8) is 0 Å². The number of rotatable bonds is 5. The first-order valence-electron chi connectivity index (χ1n) is 5.41. The number of ether oxygens (including phenoxy) is 2. The number of methoxy groups -OCH3 is 2. The summed E-state index contributed by atoms with van der Waals surface area (Å²) in [6, 6.07) is 1.81. The minimum Gasteiger partial charge on any atom is -0.496 e. The molecule has 0 N–H and O–H groups in total. The van der Waals surface area contributed by atoms with Gasteiger partial charge in [0.15, 0.2) is 0 Å². The van der Waals surface area contributed by atoms with E-state index in [1.807, 2.05) is 13.8 Å². The van der Waals surface area contributed by atoms with Gasteiger partial charge in [-0.2, -0.15) is 0 Å². The van der Waals surface area contributed by atoms with Gasteiger partial charge in [0.25, 0.3) is 0 Å². The minimum atomic E-state index is 0.0737. The first-order chi connectivity index (χ1) is 8.06. The van der Waals surface area contributed by atoms with Crippen LogP contribution in [0.25, 0.3) is 0 Å². The largest absolute Gasteiger partial charge is 0.496 e. The van der Waals surface area contributed by atoms with Gasteiger partial charge in [-0.25, -0.2) is 0 Å². The average Bonchev–Trinajstić information content (AvgIpc) is 2.29. The third-order valence-corrected chi connectivity index (χ3v) is 3.11. The molecular formula is C13H17ClO3. The summed E-state index contributed by atoms with van der Waals surface area (Å²) in [4.78, 5) is 10.6. The molecule has 0 aliphatic carbocycles. The Labute approximate surface area is 107 Å². The van der Waals surface area contributed by atoms with Gasteiger partial charge in [-0.05, 0) is 24.5 Å². The van der Waals surface area contributed by atoms with Gasteiger partial charge in [-0.1, -0.05) is 18.5 Å². The maximum atomic E-state index is 10.6. The van der Waals surface area contributed by atoms with Crippen LogP contribution in [0, 0.1) is 6.92 Å². The van der Waals surface area contributed by atoms with E-state index in [1.165, 1.54) is 0 Å². The highest BCUT2D eigenvalue weighted by Gasteiger charge is 2.19. The molecule has 0 aromatic heterocycles. The molecule has 1 rings (SSSR count). The number of carbonyl (C=O) groups is 1. The third-order valence-electron chi connectivity index (χ3n) is 2.83. The van der Waals surface area contributed by atoms with Gasteiger partial charge in [0.1, 0.15) is 17.8 Å². The Morgan fingerprint density at radius 1 is 1.35 bits per heavy atom. The Kier molecular flexibility index (Phi) is 4.82. The molecule has 4 heteroatoms. The molecule has 0 saturated heterocycles. The molecule has 1 atom stereocenters. The van der Waals surface area contributed by atoms with Crippen LogP contribution in [-0.4, -0.2) is 20.5 Å². The normalized spacial score (nSPS) is 12.1. The fraction of sp³-hybridized carbons (Fsp3) is 0.462. The van der Waals surface area contributed by atoms with Crippen LogP contribution in [0.15, 0.2) is 6.07 Å². The van der Waals surface area contributed by atoms with Crippen LogP contribution >= 0.6 is 11.6 Å². The zero-order chi connectivity index (χ0) is 13.0. The Morgan fingerprint density at radius 3 is 2.41 bits per heavy atom. The molecule has 17 heavy (non-hydrogen) atoms. The van der Waals surface area contributed by atoms with Crippen molar-refractivity contribution < 1.29 is 14.3 Å². The predicted octanol–water partition coefficient (Wildman–Crippen LogP) is 3.36. The Bertz CT molecular complexity index is 416. The van der Waals surface area contributed by atoms with Crippen LogP contribution in [0.4, 0.5) is 0 Å². The van der Waals surface area contributed by atoms with E-state index < -0.39 is 0 Å². The summed E-state index contributed by atoms with van der Waals surface area (Å²) in [7, 11) is 3.18. The molecule has 0 aliphatic rings. The summed E-state index contributed by atoms with van der Waals surface area (Å²) in [5, 5.41) is 0.540. The van der Waals surface area contributed by atoms with Gasteiger partial charge in [0, 0.05) is 12.0 Å². The molecule has 0 amide bonds. The summed E-state index contributed by atoms with van der Waals surface area (Å²) in [5.74, 6) is 1.43. The molecule has 1 aromatic carbocycles. The van der Waals surface area contributed by atoms with Crippen LogP contribution in [0.5, 0.6) is 11.5 Å². The monoisotopic (exact) mass is 256 g/mol. The molecule has 0 radical (unpaired) electrons. The van der Waals surface area contributed by atoms with E-state index >= 15 is 0 Å². The van der Waals surface area contributed by atoms with Crippen molar-refractivity contribution in [1.29, 1.82) is 0 Å². The van der Waals surface area contributed by atoms with E-state index in [0.717, 1.165) is 23.2 Å². The highest BCUT2D eigenvalue weighted by molar-refractivity contribution is 6.32. The molecule has 94 valence electrons. The first-order valence-corrected chi connectivity index (χ1v) is 5.79. The van der Waals surface area contributed by atoms with E-state index in [-0.39, 0.29) is 5.92 Å². The van der Waals surface area contributed by atoms with E-state index in [9.17, 15) is 4.79 Å². The van der Waals surface area contributed by atoms with Crippen molar-refractivity contribution in [1.82, 2.24) is 0 Å². The second kappa shape index (κ2) is 5.92. The molecule has 0 bridgehead atoms. The maximum Gasteiger partial charge on any atom is 0.144 e. The molecule has 0 heterocycles. The van der Waals surface area contributed by atoms with Crippen LogP contribution in [0.3, 0.4) is 0 Å². The molecule has 1 unspecified atom stereocenters. The summed E-state index contributed by atoms with van der Waals surface area (Å²) in [5.41, 5.74) is 1.79. The lowest BCUT2D eigenvalue weighted by Crippen LogP contribution is -2.02. The summed E-state index contributed by atoms with van der Waals surface area (Å²) < 4.78 is 10.6. The highest BCUT2D eigenvalue weighted by Crippen LogP contribution is 2.41. The van der Waals surface area contributed by atoms with Crippen molar-refractivity contribution in [3.05, 3.63) is 22.2 Å². The first kappa shape index (κ1) is 13.8. The van der Waals surface area contributed by atoms with Crippen LogP contribution in [-0.2, 0) is 4.79 Å². The van der Waals surface area contributed by atoms with Crippen LogP contribution in [0.2, 0.25) is 5.02 Å². The number of aldehydes is 1. The van der Waals surface area contributed by atoms with Gasteiger partial charge in [0.2, 0.25) is 0 Å². The molecule has 0 saturated carbocycles. The van der Waals surface area contributed by atoms with Crippen molar-refractivity contribution in [2.75, 3.05) is 14.2 Å². The molecule has 0 fully saturated rings. The highest BCUT2D eigenvalue weighted by atomic mass is 35.5. The summed E-state index contributed by atoms with van der Waals surface area (Å²) in [6.45, 7) is 3.86. The van der Waals surface area contributed by atoms with Gasteiger partial charge >= 0.3 is 0 Å². The molecule has 0 aliphatic heterocycles. The quantitative estimate of drug-likeness (QED) is 0.758. The number of hydrogen-bond acceptors (Lipinski definition) is 3. The smallest absolute Gasteiger partial charge is 0.144 e. The SMILES string of the molecule is COc1c(Cl)cc(C(C)CC=O)c(OC)c1C. The summed E-state index contributed by atoms with van der Waals surface area (Å²) in [6.07, 6.45) is 1.34. The number of benzene rings is 1. The summed E-state index contributed by atoms with van der Waals surface area (Å²) >= 11 is 6.14. The maximum absolute atomic E-state index is 10.6. The lowest BCUT2D eigenvalue weighted by atomic mass is 9.95. The topological polar surface area (TPSA) is 35.5 Å². The van der Waals surface area contributed by atoms with Crippen molar-refractivity contribution >= 4 is 17.9 Å². The van der Waals surface area contributed by atoms with Crippen LogP contribution in [0.1, 0.15) is 30.4 Å². The lowest BCUT2D eigenvalue weighted by molar-refractivity contribution is -0.108. The van der Waals surface area contributed by atoms with E-state index in [1.54, 1.807) is 20.3 Å². The van der Waals surface area contributed by atoms with Gasteiger partial charge in [-0.3, -0.25) is 0 Å². The lowest BCUT2D eigenvalue weighted by Gasteiger charge is -2.19. The fourth-order valence-electron chi connectivity index (χ4n) is 1.93. The second-order valence-corrected chi connectivity index (χ2v) is 4.35. The second-order valence-electron chi connectivity index (χ2n) is 3.94. The zero-order valence-corrected chi connectivity index (χ0v) is 11.3. The van der Waals surface area contributed by atoms with E-state index in [4.69, 9.17) is 21.1 Å². The molecular weight excluding hydrogens is 240 g/mol. The van der Waals surface area contributed by atoms with E-state index in [2.05, 4.69) is 0 Å². The standard InChI is InChI=1S/C13H17ClO3/c1-8(5-6-15)10-7-11(14)13(17-4)9(2)12(10)16-3/h6-8H,5H2,1-4H3. The average molecular weight is 257 g/mol. The number of hydrogen-bond donors (Lipinski definition) is 0. The minimum absolute atomic E-state index is 0.0737. The molecule has 1 aromatic rings.